The first-order valence-electron chi connectivity index (χ1n) is 14.7. The summed E-state index contributed by atoms with van der Waals surface area (Å²) in [5, 5.41) is 6.51. The summed E-state index contributed by atoms with van der Waals surface area (Å²) in [7, 11) is 0. The summed E-state index contributed by atoms with van der Waals surface area (Å²) >= 11 is 0. The molecule has 0 aliphatic heterocycles. The van der Waals surface area contributed by atoms with Crippen molar-refractivity contribution in [1.82, 2.24) is 15.6 Å². The number of hydrogen-bond donors (Lipinski definition) is 2. The number of rotatable bonds is 10. The second-order valence-electron chi connectivity index (χ2n) is 11.8. The number of unbranched alkanes of at least 4 members (excludes halogenated alkanes) is 1. The van der Waals surface area contributed by atoms with E-state index in [1.807, 2.05) is 25.1 Å². The molecule has 2 N–H and O–H groups in total. The molecule has 2 aromatic heterocycles. The van der Waals surface area contributed by atoms with E-state index >= 15 is 0 Å². The first-order chi connectivity index (χ1) is 19.7. The Morgan fingerprint density at radius 3 is 2.73 bits per heavy atom. The van der Waals surface area contributed by atoms with Gasteiger partial charge in [-0.1, -0.05) is 51.8 Å². The van der Waals surface area contributed by atoms with E-state index in [0.29, 0.717) is 41.3 Å². The fourth-order valence-electron chi connectivity index (χ4n) is 6.14. The second kappa shape index (κ2) is 12.0. The van der Waals surface area contributed by atoms with Crippen molar-refractivity contribution in [3.63, 3.8) is 0 Å². The zero-order valence-electron chi connectivity index (χ0n) is 24.4. The minimum Gasteiger partial charge on any atom is -0.459 e. The van der Waals surface area contributed by atoms with Gasteiger partial charge in [-0.25, -0.2) is 0 Å². The molecule has 3 aromatic rings. The first kappa shape index (κ1) is 28.7. The van der Waals surface area contributed by atoms with Crippen molar-refractivity contribution in [1.29, 1.82) is 0 Å². The Bertz CT molecular complexity index is 1500. The third-order valence-electron chi connectivity index (χ3n) is 8.51. The van der Waals surface area contributed by atoms with Crippen LogP contribution in [0.3, 0.4) is 0 Å². The zero-order chi connectivity index (χ0) is 29.1. The molecular weight excluding hydrogens is 514 g/mol. The molecule has 0 bridgehead atoms. The first-order valence-corrected chi connectivity index (χ1v) is 14.7. The van der Waals surface area contributed by atoms with Gasteiger partial charge in [0.25, 0.3) is 0 Å². The van der Waals surface area contributed by atoms with E-state index in [2.05, 4.69) is 42.5 Å². The van der Waals surface area contributed by atoms with Crippen molar-refractivity contribution in [3.8, 4) is 11.3 Å². The molecule has 5 rings (SSSR count). The maximum Gasteiger partial charge on any atom is 0.244 e. The maximum absolute atomic E-state index is 13.4. The van der Waals surface area contributed by atoms with E-state index in [9.17, 15) is 14.4 Å². The van der Waals surface area contributed by atoms with Crippen molar-refractivity contribution in [2.24, 2.45) is 0 Å². The molecule has 1 aromatic carbocycles. The number of ketones is 2. The van der Waals surface area contributed by atoms with Gasteiger partial charge in [0, 0.05) is 47.7 Å². The molecule has 2 aliphatic carbocycles. The largest absolute Gasteiger partial charge is 0.459 e. The van der Waals surface area contributed by atoms with Crippen LogP contribution >= 0.6 is 0 Å². The highest BCUT2D eigenvalue weighted by atomic mass is 16.3. The molecule has 1 atom stereocenters. The molecule has 7 nitrogen and oxygen atoms in total. The number of nitrogens with one attached hydrogen (secondary N) is 2. The van der Waals surface area contributed by atoms with Crippen LogP contribution in [0.5, 0.6) is 0 Å². The lowest BCUT2D eigenvalue weighted by atomic mass is 9.69. The standard InChI is InChI=1S/C34H39N3O4/c1-5-6-10-23(19-37-28(38)15-12-22-9-8-17-35-18-22)36-20-27-21(2)29-31(39)32(40)30-24-11-7-16-34(3,4)26(24)14-13-25(30)33(29)41-27/h8-9,12-15,17-18,23,36H,5-7,10-11,16,19-20H2,1-4H3,(H,37,38)/b15-12+. The van der Waals surface area contributed by atoms with Gasteiger partial charge in [0.1, 0.15) is 11.5 Å². The number of amides is 1. The molecule has 0 fully saturated rings. The van der Waals surface area contributed by atoms with Crippen LogP contribution in [0, 0.1) is 6.92 Å². The topological polar surface area (TPSA) is 101 Å². The van der Waals surface area contributed by atoms with Crippen molar-refractivity contribution in [3.05, 3.63) is 81.9 Å². The number of fused-ring (bicyclic) bond motifs is 5. The number of benzene rings is 1. The molecule has 214 valence electrons. The summed E-state index contributed by atoms with van der Waals surface area (Å²) in [6.45, 7) is 9.24. The molecule has 1 unspecified atom stereocenters. The highest BCUT2D eigenvalue weighted by Gasteiger charge is 2.40. The summed E-state index contributed by atoms with van der Waals surface area (Å²) in [5.41, 5.74) is 5.34. The summed E-state index contributed by atoms with van der Waals surface area (Å²) in [6.07, 6.45) is 12.4. The van der Waals surface area contributed by atoms with Crippen molar-refractivity contribution < 1.29 is 18.8 Å². The fourth-order valence-corrected chi connectivity index (χ4v) is 6.14. The number of carbonyl (C=O) groups excluding carboxylic acids is 3. The average Bonchev–Trinajstić information content (AvgIpc) is 3.30. The van der Waals surface area contributed by atoms with Gasteiger partial charge >= 0.3 is 0 Å². The van der Waals surface area contributed by atoms with E-state index < -0.39 is 11.6 Å². The van der Waals surface area contributed by atoms with Gasteiger partial charge in [-0.3, -0.25) is 19.4 Å². The number of hydrogen-bond acceptors (Lipinski definition) is 6. The number of pyridine rings is 1. The lowest BCUT2D eigenvalue weighted by Gasteiger charge is -2.34. The van der Waals surface area contributed by atoms with Crippen molar-refractivity contribution in [2.75, 3.05) is 6.54 Å². The third-order valence-corrected chi connectivity index (χ3v) is 8.51. The second-order valence-corrected chi connectivity index (χ2v) is 11.8. The Kier molecular flexibility index (Phi) is 8.36. The molecule has 0 saturated heterocycles. The molecule has 2 aliphatic rings. The maximum atomic E-state index is 13.4. The van der Waals surface area contributed by atoms with Gasteiger partial charge in [-0.2, -0.15) is 0 Å². The predicted molar refractivity (Wildman–Crippen MR) is 160 cm³/mol. The van der Waals surface area contributed by atoms with E-state index in [1.54, 1.807) is 18.5 Å². The molecule has 1 amide bonds. The monoisotopic (exact) mass is 553 g/mol. The highest BCUT2D eigenvalue weighted by molar-refractivity contribution is 6.53. The molecular formula is C34H39N3O4. The van der Waals surface area contributed by atoms with Gasteiger partial charge in [-0.05, 0) is 66.9 Å². The van der Waals surface area contributed by atoms with E-state index in [0.717, 1.165) is 60.8 Å². The minimum absolute atomic E-state index is 0.0195. The average molecular weight is 554 g/mol. The third kappa shape index (κ3) is 5.82. The Morgan fingerprint density at radius 1 is 1.17 bits per heavy atom. The number of furan rings is 1. The van der Waals surface area contributed by atoms with Crippen LogP contribution in [0.1, 0.15) is 102 Å². The van der Waals surface area contributed by atoms with Crippen LogP contribution in [-0.2, 0) is 23.2 Å². The fraction of sp³-hybridized carbons (Fsp3) is 0.412. The van der Waals surface area contributed by atoms with Crippen molar-refractivity contribution in [2.45, 2.75) is 84.2 Å². The van der Waals surface area contributed by atoms with Gasteiger partial charge in [0.2, 0.25) is 17.5 Å². The minimum atomic E-state index is -0.480. The Labute approximate surface area is 241 Å². The number of carbonyl (C=O) groups is 3. The highest BCUT2D eigenvalue weighted by Crippen LogP contribution is 2.45. The van der Waals surface area contributed by atoms with Crippen LogP contribution in [0.2, 0.25) is 0 Å². The van der Waals surface area contributed by atoms with Crippen LogP contribution in [-0.4, -0.2) is 35.0 Å². The van der Waals surface area contributed by atoms with E-state index in [-0.39, 0.29) is 17.4 Å². The molecule has 7 heteroatoms. The van der Waals surface area contributed by atoms with Crippen LogP contribution in [0.15, 0.2) is 47.2 Å². The Hall–Kier alpha value is -3.84. The molecule has 41 heavy (non-hydrogen) atoms. The lowest BCUT2D eigenvalue weighted by molar-refractivity contribution is -0.116. The Balaban J connectivity index is 1.33. The van der Waals surface area contributed by atoms with Gasteiger partial charge in [0.15, 0.2) is 0 Å². The zero-order valence-corrected chi connectivity index (χ0v) is 24.4. The summed E-state index contributed by atoms with van der Waals surface area (Å²) in [6, 6.07) is 7.81. The van der Waals surface area contributed by atoms with E-state index in [1.165, 1.54) is 6.08 Å². The molecule has 2 heterocycles. The molecule has 0 radical (unpaired) electrons. The molecule has 0 saturated carbocycles. The quantitative estimate of drug-likeness (QED) is 0.232. The van der Waals surface area contributed by atoms with E-state index in [4.69, 9.17) is 4.42 Å². The normalized spacial score (nSPS) is 16.3. The van der Waals surface area contributed by atoms with Gasteiger partial charge in [0.05, 0.1) is 12.1 Å². The van der Waals surface area contributed by atoms with Crippen LogP contribution in [0.25, 0.3) is 17.4 Å². The van der Waals surface area contributed by atoms with Crippen LogP contribution < -0.4 is 10.6 Å². The number of nitrogens with zero attached hydrogens (tertiary/aromatic N) is 1. The number of Topliss-reactive ketones (excluding diaryl/α,β-unsaturated/α-hetero) is 2. The van der Waals surface area contributed by atoms with Crippen molar-refractivity contribution >= 4 is 23.5 Å². The summed E-state index contributed by atoms with van der Waals surface area (Å²) in [4.78, 5) is 43.3. The SMILES string of the molecule is CCCCC(CNC(=O)/C=C/c1cccnc1)NCc1oc2c(c1C)C(=O)C(=O)c1c-2ccc2c1CCCC2(C)C. The Morgan fingerprint density at radius 2 is 1.98 bits per heavy atom. The molecule has 0 spiro atoms. The smallest absolute Gasteiger partial charge is 0.244 e. The van der Waals surface area contributed by atoms with Gasteiger partial charge in [-0.15, -0.1) is 0 Å². The number of aromatic nitrogens is 1. The predicted octanol–water partition coefficient (Wildman–Crippen LogP) is 6.12. The summed E-state index contributed by atoms with van der Waals surface area (Å²) < 4.78 is 6.35. The lowest BCUT2D eigenvalue weighted by Crippen LogP contribution is -2.40. The van der Waals surface area contributed by atoms with Gasteiger partial charge < -0.3 is 15.1 Å². The summed E-state index contributed by atoms with van der Waals surface area (Å²) in [5.74, 6) is 0.0738. The van der Waals surface area contributed by atoms with Crippen LogP contribution in [0.4, 0.5) is 0 Å².